The van der Waals surface area contributed by atoms with Gasteiger partial charge in [-0.25, -0.2) is 9.78 Å². The number of hydrogen-bond donors (Lipinski definition) is 3. The van der Waals surface area contributed by atoms with Crippen LogP contribution in [-0.2, 0) is 10.3 Å². The number of pyridine rings is 1. The fraction of sp³-hybridized carbons (Fsp3) is 0.227. The number of nitrogens with zero attached hydrogens (tertiary/aromatic N) is 3. The Morgan fingerprint density at radius 2 is 2.09 bits per heavy atom. The molecular formula is C22H20ClN5O4. The number of carbonyl (C=O) groups excluding carboxylic acids is 2. The predicted molar refractivity (Wildman–Crippen MR) is 120 cm³/mol. The maximum atomic E-state index is 12.6. The number of carboxylic acid groups (broad SMARTS) is 1. The zero-order valence-electron chi connectivity index (χ0n) is 17.6. The first-order valence-electron chi connectivity index (χ1n) is 9.49. The Morgan fingerprint density at radius 3 is 2.72 bits per heavy atom. The van der Waals surface area contributed by atoms with Crippen molar-refractivity contribution in [3.05, 3.63) is 58.4 Å². The highest BCUT2D eigenvalue weighted by molar-refractivity contribution is 6.31. The van der Waals surface area contributed by atoms with E-state index in [1.807, 2.05) is 0 Å². The highest BCUT2D eigenvalue weighted by Crippen LogP contribution is 2.35. The number of benzene rings is 1. The molecule has 1 atom stereocenters. The fourth-order valence-electron chi connectivity index (χ4n) is 3.24. The molecule has 0 aliphatic carbocycles. The largest absolute Gasteiger partial charge is 0.463 e. The van der Waals surface area contributed by atoms with Gasteiger partial charge in [-0.05, 0) is 49.7 Å². The van der Waals surface area contributed by atoms with E-state index in [2.05, 4.69) is 32.5 Å². The van der Waals surface area contributed by atoms with Gasteiger partial charge in [0, 0.05) is 29.5 Å². The monoisotopic (exact) mass is 453 g/mol. The molecule has 0 spiro atoms. The molecule has 164 valence electrons. The van der Waals surface area contributed by atoms with Gasteiger partial charge in [-0.3, -0.25) is 14.5 Å². The average molecular weight is 454 g/mol. The van der Waals surface area contributed by atoms with Crippen molar-refractivity contribution in [1.82, 2.24) is 15.2 Å². The van der Waals surface area contributed by atoms with Gasteiger partial charge in [-0.2, -0.15) is 0 Å². The first kappa shape index (κ1) is 22.8. The standard InChI is InChI=1S/C22H20ClN5O4/c1-4-5-13-6-9-17(24-12-13)19(30)25-14-7-8-16(23)15(10-14)22(2)11-18(29)28(3)20(27-22)26-21(31)32/h6-10,12H,11H2,1-3H3,(H,25,30)(H,26,27)(H,31,32). The normalized spacial score (nSPS) is 19.1. The molecule has 1 fully saturated rings. The minimum absolute atomic E-state index is 0.000735. The van der Waals surface area contributed by atoms with E-state index in [0.717, 1.165) is 4.90 Å². The van der Waals surface area contributed by atoms with Crippen LogP contribution in [0.5, 0.6) is 0 Å². The van der Waals surface area contributed by atoms with Crippen LogP contribution in [0.4, 0.5) is 10.5 Å². The van der Waals surface area contributed by atoms with Crippen LogP contribution in [0.3, 0.4) is 0 Å². The van der Waals surface area contributed by atoms with E-state index < -0.39 is 17.5 Å². The lowest BCUT2D eigenvalue weighted by molar-refractivity contribution is -0.129. The predicted octanol–water partition coefficient (Wildman–Crippen LogP) is 3.06. The highest BCUT2D eigenvalue weighted by Gasteiger charge is 2.40. The van der Waals surface area contributed by atoms with Crippen molar-refractivity contribution in [2.75, 3.05) is 12.4 Å². The van der Waals surface area contributed by atoms with E-state index in [9.17, 15) is 14.4 Å². The van der Waals surface area contributed by atoms with Crippen LogP contribution in [0.15, 0.2) is 41.5 Å². The smallest absolute Gasteiger partial charge is 0.434 e. The highest BCUT2D eigenvalue weighted by atomic mass is 35.5. The lowest BCUT2D eigenvalue weighted by Gasteiger charge is -2.40. The van der Waals surface area contributed by atoms with Gasteiger partial charge in [0.2, 0.25) is 11.9 Å². The Kier molecular flexibility index (Phi) is 6.46. The van der Waals surface area contributed by atoms with Crippen LogP contribution in [-0.4, -0.2) is 45.9 Å². The van der Waals surface area contributed by atoms with E-state index in [4.69, 9.17) is 16.7 Å². The number of halogens is 1. The summed E-state index contributed by atoms with van der Waals surface area (Å²) in [6.07, 6.45) is 0.0737. The molecule has 3 amide bonds. The maximum Gasteiger partial charge on any atom is 0.434 e. The third kappa shape index (κ3) is 4.87. The second-order valence-corrected chi connectivity index (χ2v) is 7.67. The van der Waals surface area contributed by atoms with Gasteiger partial charge in [0.05, 0.1) is 12.0 Å². The Balaban J connectivity index is 1.89. The van der Waals surface area contributed by atoms with Crippen molar-refractivity contribution in [3.8, 4) is 11.8 Å². The van der Waals surface area contributed by atoms with Crippen LogP contribution in [0, 0.1) is 11.8 Å². The summed E-state index contributed by atoms with van der Waals surface area (Å²) < 4.78 is 0. The van der Waals surface area contributed by atoms with Gasteiger partial charge >= 0.3 is 6.09 Å². The van der Waals surface area contributed by atoms with E-state index in [1.165, 1.54) is 13.2 Å². The summed E-state index contributed by atoms with van der Waals surface area (Å²) in [7, 11) is 1.43. The van der Waals surface area contributed by atoms with Crippen molar-refractivity contribution < 1.29 is 19.5 Å². The molecule has 9 nitrogen and oxygen atoms in total. The first-order chi connectivity index (χ1) is 15.1. The van der Waals surface area contributed by atoms with Gasteiger partial charge in [0.15, 0.2) is 0 Å². The molecule has 0 bridgehead atoms. The molecule has 3 rings (SSSR count). The number of hydrogen-bond acceptors (Lipinski definition) is 4. The van der Waals surface area contributed by atoms with Crippen molar-refractivity contribution in [1.29, 1.82) is 0 Å². The molecule has 3 N–H and O–H groups in total. The topological polar surface area (TPSA) is 124 Å². The number of carbonyl (C=O) groups is 3. The molecule has 0 radical (unpaired) electrons. The van der Waals surface area contributed by atoms with Crippen LogP contribution in [0.2, 0.25) is 5.02 Å². The molecule has 1 aliphatic heterocycles. The summed E-state index contributed by atoms with van der Waals surface area (Å²) in [5, 5.41) is 15.1. The van der Waals surface area contributed by atoms with Gasteiger partial charge in [0.1, 0.15) is 5.69 Å². The van der Waals surface area contributed by atoms with Crippen molar-refractivity contribution >= 4 is 41.2 Å². The summed E-state index contributed by atoms with van der Waals surface area (Å²) in [4.78, 5) is 44.8. The van der Waals surface area contributed by atoms with E-state index in [1.54, 1.807) is 44.2 Å². The Morgan fingerprint density at radius 1 is 1.34 bits per heavy atom. The van der Waals surface area contributed by atoms with Gasteiger partial charge in [-0.1, -0.05) is 17.5 Å². The Hall–Kier alpha value is -3.90. The number of aliphatic imine (C=N–C) groups is 1. The number of rotatable bonds is 3. The van der Waals surface area contributed by atoms with E-state index in [-0.39, 0.29) is 24.0 Å². The quantitative estimate of drug-likeness (QED) is 0.613. The van der Waals surface area contributed by atoms with Gasteiger partial charge < -0.3 is 15.7 Å². The first-order valence-corrected chi connectivity index (χ1v) is 9.87. The average Bonchev–Trinajstić information content (AvgIpc) is 2.73. The maximum absolute atomic E-state index is 12.6. The number of amides is 3. The molecule has 10 heteroatoms. The third-order valence-corrected chi connectivity index (χ3v) is 5.20. The minimum Gasteiger partial charge on any atom is -0.463 e. The Bertz CT molecular complexity index is 1180. The minimum atomic E-state index is -1.44. The second kappa shape index (κ2) is 9.08. The number of guanidine groups is 1. The molecule has 2 aromatic rings. The van der Waals surface area contributed by atoms with Crippen LogP contribution < -0.4 is 10.6 Å². The molecular weight excluding hydrogens is 434 g/mol. The van der Waals surface area contributed by atoms with E-state index in [0.29, 0.717) is 21.8 Å². The van der Waals surface area contributed by atoms with Gasteiger partial charge in [-0.15, -0.1) is 10.9 Å². The van der Waals surface area contributed by atoms with Crippen molar-refractivity contribution in [2.24, 2.45) is 4.99 Å². The summed E-state index contributed by atoms with van der Waals surface area (Å²) in [6.45, 7) is 3.42. The third-order valence-electron chi connectivity index (χ3n) is 4.87. The SMILES string of the molecule is CC#Cc1ccc(C(=O)Nc2ccc(Cl)c(C3(C)CC(=O)N(C)C(=NC(=O)O)N3)c2)nc1. The zero-order valence-corrected chi connectivity index (χ0v) is 18.3. The fourth-order valence-corrected chi connectivity index (χ4v) is 3.56. The lowest BCUT2D eigenvalue weighted by Crippen LogP contribution is -2.58. The summed E-state index contributed by atoms with van der Waals surface area (Å²) >= 11 is 6.40. The molecule has 2 heterocycles. The molecule has 32 heavy (non-hydrogen) atoms. The molecule has 1 aromatic heterocycles. The van der Waals surface area contributed by atoms with Crippen LogP contribution in [0.1, 0.15) is 41.9 Å². The molecule has 1 saturated heterocycles. The summed E-state index contributed by atoms with van der Waals surface area (Å²) in [5.41, 5.74) is 0.784. The van der Waals surface area contributed by atoms with E-state index >= 15 is 0 Å². The van der Waals surface area contributed by atoms with Crippen LogP contribution >= 0.6 is 11.6 Å². The number of anilines is 1. The number of aromatic nitrogens is 1. The summed E-state index contributed by atoms with van der Waals surface area (Å²) in [5.74, 6) is 4.74. The molecule has 0 saturated carbocycles. The molecule has 1 aromatic carbocycles. The van der Waals surface area contributed by atoms with Crippen LogP contribution in [0.25, 0.3) is 0 Å². The van der Waals surface area contributed by atoms with Gasteiger partial charge in [0.25, 0.3) is 5.91 Å². The lowest BCUT2D eigenvalue weighted by atomic mass is 9.86. The Labute approximate surface area is 189 Å². The van der Waals surface area contributed by atoms with Crippen molar-refractivity contribution in [2.45, 2.75) is 25.8 Å². The zero-order chi connectivity index (χ0) is 23.5. The second-order valence-electron chi connectivity index (χ2n) is 7.26. The molecule has 1 unspecified atom stereocenters. The number of nitrogens with one attached hydrogen (secondary N) is 2. The summed E-state index contributed by atoms with van der Waals surface area (Å²) in [6, 6.07) is 8.10. The molecule has 1 aliphatic rings. The van der Waals surface area contributed by atoms with Crippen molar-refractivity contribution in [3.63, 3.8) is 0 Å².